The highest BCUT2D eigenvalue weighted by Crippen LogP contribution is 2.17. The van der Waals surface area contributed by atoms with Gasteiger partial charge < -0.3 is 9.26 Å². The molecule has 0 aliphatic carbocycles. The summed E-state index contributed by atoms with van der Waals surface area (Å²) in [6.45, 7) is 3.12. The van der Waals surface area contributed by atoms with Gasteiger partial charge in [0, 0.05) is 12.1 Å². The summed E-state index contributed by atoms with van der Waals surface area (Å²) in [5, 5.41) is 4.05. The van der Waals surface area contributed by atoms with Gasteiger partial charge in [-0.2, -0.15) is 4.98 Å². The molecule has 0 saturated heterocycles. The first-order chi connectivity index (χ1) is 12.6. The van der Waals surface area contributed by atoms with Crippen molar-refractivity contribution in [3.8, 4) is 11.4 Å². The minimum atomic E-state index is -0.306. The van der Waals surface area contributed by atoms with Gasteiger partial charge in [0.1, 0.15) is 0 Å². The number of methoxy groups -OCH3 is 1. The zero-order chi connectivity index (χ0) is 18.4. The highest BCUT2D eigenvalue weighted by atomic mass is 16.5. The van der Waals surface area contributed by atoms with Crippen LogP contribution in [0.4, 0.5) is 0 Å². The van der Waals surface area contributed by atoms with Crippen molar-refractivity contribution >= 4 is 5.97 Å². The Bertz CT molecular complexity index is 844. The summed E-state index contributed by atoms with van der Waals surface area (Å²) in [6.07, 6.45) is 0. The van der Waals surface area contributed by atoms with Gasteiger partial charge in [-0.25, -0.2) is 0 Å². The lowest BCUT2D eigenvalue weighted by Crippen LogP contribution is -2.30. The summed E-state index contributed by atoms with van der Waals surface area (Å²) in [5.41, 5.74) is 3.16. The van der Waals surface area contributed by atoms with E-state index in [1.165, 1.54) is 12.7 Å². The number of nitrogens with zero attached hydrogens (tertiary/aromatic N) is 3. The molecule has 0 atom stereocenters. The minimum Gasteiger partial charge on any atom is -0.468 e. The lowest BCUT2D eigenvalue weighted by Gasteiger charge is -2.19. The fourth-order valence-electron chi connectivity index (χ4n) is 2.59. The van der Waals surface area contributed by atoms with Gasteiger partial charge in [-0.05, 0) is 12.5 Å². The van der Waals surface area contributed by atoms with Crippen molar-refractivity contribution in [2.75, 3.05) is 13.7 Å². The zero-order valence-corrected chi connectivity index (χ0v) is 14.9. The molecular weight excluding hydrogens is 330 g/mol. The maximum Gasteiger partial charge on any atom is 0.319 e. The molecule has 3 aromatic rings. The number of aromatic nitrogens is 2. The normalized spacial score (nSPS) is 10.9. The van der Waals surface area contributed by atoms with Crippen LogP contribution in [-0.4, -0.2) is 34.7 Å². The third-order valence-electron chi connectivity index (χ3n) is 3.97. The molecular formula is C20H21N3O3. The molecule has 2 aromatic carbocycles. The van der Waals surface area contributed by atoms with E-state index in [2.05, 4.69) is 10.1 Å². The van der Waals surface area contributed by atoms with Gasteiger partial charge in [0.2, 0.25) is 11.7 Å². The van der Waals surface area contributed by atoms with E-state index in [9.17, 15) is 4.79 Å². The van der Waals surface area contributed by atoms with Crippen LogP contribution in [0, 0.1) is 6.92 Å². The summed E-state index contributed by atoms with van der Waals surface area (Å²) in [6, 6.07) is 17.8. The molecule has 6 nitrogen and oxygen atoms in total. The Morgan fingerprint density at radius 1 is 1.08 bits per heavy atom. The Labute approximate surface area is 152 Å². The van der Waals surface area contributed by atoms with Crippen molar-refractivity contribution < 1.29 is 14.1 Å². The van der Waals surface area contributed by atoms with Crippen molar-refractivity contribution in [2.24, 2.45) is 0 Å². The topological polar surface area (TPSA) is 68.5 Å². The number of benzene rings is 2. The molecule has 0 radical (unpaired) electrons. The number of carbonyl (C=O) groups is 1. The van der Waals surface area contributed by atoms with Crippen molar-refractivity contribution in [3.05, 3.63) is 71.6 Å². The number of hydrogen-bond donors (Lipinski definition) is 0. The lowest BCUT2D eigenvalue weighted by molar-refractivity contribution is -0.142. The molecule has 0 bridgehead atoms. The van der Waals surface area contributed by atoms with Crippen LogP contribution in [0.5, 0.6) is 0 Å². The largest absolute Gasteiger partial charge is 0.468 e. The molecule has 26 heavy (non-hydrogen) atoms. The molecule has 0 amide bonds. The molecule has 0 N–H and O–H groups in total. The number of ether oxygens (including phenoxy) is 1. The second-order valence-corrected chi connectivity index (χ2v) is 6.08. The molecule has 0 spiro atoms. The van der Waals surface area contributed by atoms with Crippen molar-refractivity contribution in [1.82, 2.24) is 15.0 Å². The minimum absolute atomic E-state index is 0.146. The summed E-state index contributed by atoms with van der Waals surface area (Å²) < 4.78 is 10.2. The SMILES string of the molecule is COC(=O)CN(Cc1ccccc1)Cc1nc(-c2ccc(C)cc2)no1. The number of aryl methyl sites for hydroxylation is 1. The Morgan fingerprint density at radius 3 is 2.50 bits per heavy atom. The number of rotatable bonds is 7. The van der Waals surface area contributed by atoms with E-state index in [0.717, 1.165) is 11.1 Å². The van der Waals surface area contributed by atoms with Crippen molar-refractivity contribution in [2.45, 2.75) is 20.0 Å². The lowest BCUT2D eigenvalue weighted by atomic mass is 10.1. The quantitative estimate of drug-likeness (QED) is 0.609. The molecule has 0 saturated carbocycles. The summed E-state index contributed by atoms with van der Waals surface area (Å²) in [5.74, 6) is 0.692. The second kappa shape index (κ2) is 8.40. The Morgan fingerprint density at radius 2 is 1.81 bits per heavy atom. The van der Waals surface area contributed by atoms with E-state index in [0.29, 0.717) is 24.8 Å². The van der Waals surface area contributed by atoms with Crippen molar-refractivity contribution in [1.29, 1.82) is 0 Å². The maximum absolute atomic E-state index is 11.7. The van der Waals surface area contributed by atoms with Gasteiger partial charge in [-0.15, -0.1) is 0 Å². The first-order valence-electron chi connectivity index (χ1n) is 8.37. The van der Waals surface area contributed by atoms with E-state index in [-0.39, 0.29) is 12.5 Å². The predicted molar refractivity (Wildman–Crippen MR) is 97.0 cm³/mol. The van der Waals surface area contributed by atoms with Crippen LogP contribution in [0.1, 0.15) is 17.0 Å². The fraction of sp³-hybridized carbons (Fsp3) is 0.250. The van der Waals surface area contributed by atoms with E-state index in [1.807, 2.05) is 66.4 Å². The number of carbonyl (C=O) groups excluding carboxylic acids is 1. The van der Waals surface area contributed by atoms with E-state index in [4.69, 9.17) is 9.26 Å². The standard InChI is InChI=1S/C20H21N3O3/c1-15-8-10-17(11-9-15)20-21-18(26-22-20)13-23(14-19(24)25-2)12-16-6-4-3-5-7-16/h3-11H,12-14H2,1-2H3. The average Bonchev–Trinajstić information content (AvgIpc) is 3.11. The Hall–Kier alpha value is -2.99. The van der Waals surface area contributed by atoms with Crippen LogP contribution in [0.2, 0.25) is 0 Å². The Kier molecular flexibility index (Phi) is 5.76. The summed E-state index contributed by atoms with van der Waals surface area (Å²) >= 11 is 0. The summed E-state index contributed by atoms with van der Waals surface area (Å²) in [7, 11) is 1.38. The molecule has 0 fully saturated rings. The maximum atomic E-state index is 11.7. The smallest absolute Gasteiger partial charge is 0.319 e. The highest BCUT2D eigenvalue weighted by Gasteiger charge is 2.16. The average molecular weight is 351 g/mol. The van der Waals surface area contributed by atoms with Gasteiger partial charge in [0.05, 0.1) is 20.2 Å². The first kappa shape index (κ1) is 17.8. The number of esters is 1. The predicted octanol–water partition coefficient (Wildman–Crippen LogP) is 3.22. The third-order valence-corrected chi connectivity index (χ3v) is 3.97. The van der Waals surface area contributed by atoms with Crippen LogP contribution in [0.25, 0.3) is 11.4 Å². The van der Waals surface area contributed by atoms with Crippen LogP contribution < -0.4 is 0 Å². The summed E-state index contributed by atoms with van der Waals surface area (Å²) in [4.78, 5) is 18.1. The molecule has 0 aliphatic heterocycles. The van der Waals surface area contributed by atoms with Crippen LogP contribution in [0.15, 0.2) is 59.1 Å². The molecule has 3 rings (SSSR count). The monoisotopic (exact) mass is 351 g/mol. The van der Waals surface area contributed by atoms with E-state index >= 15 is 0 Å². The zero-order valence-electron chi connectivity index (χ0n) is 14.9. The molecule has 0 aliphatic rings. The van der Waals surface area contributed by atoms with Crippen LogP contribution >= 0.6 is 0 Å². The molecule has 6 heteroatoms. The number of hydrogen-bond acceptors (Lipinski definition) is 6. The van der Waals surface area contributed by atoms with Gasteiger partial charge in [-0.1, -0.05) is 65.3 Å². The van der Waals surface area contributed by atoms with E-state index in [1.54, 1.807) is 0 Å². The molecule has 134 valence electrons. The van der Waals surface area contributed by atoms with Gasteiger partial charge in [0.15, 0.2) is 0 Å². The van der Waals surface area contributed by atoms with Crippen molar-refractivity contribution in [3.63, 3.8) is 0 Å². The molecule has 0 unspecified atom stereocenters. The Balaban J connectivity index is 1.73. The van der Waals surface area contributed by atoms with Crippen LogP contribution in [-0.2, 0) is 22.6 Å². The first-order valence-corrected chi connectivity index (χ1v) is 8.37. The van der Waals surface area contributed by atoms with E-state index < -0.39 is 0 Å². The van der Waals surface area contributed by atoms with Gasteiger partial charge in [0.25, 0.3) is 0 Å². The van der Waals surface area contributed by atoms with Gasteiger partial charge >= 0.3 is 5.97 Å². The second-order valence-electron chi connectivity index (χ2n) is 6.08. The van der Waals surface area contributed by atoms with Gasteiger partial charge in [-0.3, -0.25) is 9.69 Å². The molecule has 1 aromatic heterocycles. The highest BCUT2D eigenvalue weighted by molar-refractivity contribution is 5.71. The third kappa shape index (κ3) is 4.77. The fourth-order valence-corrected chi connectivity index (χ4v) is 2.59. The molecule has 1 heterocycles. The van der Waals surface area contributed by atoms with Crippen LogP contribution in [0.3, 0.4) is 0 Å².